The topological polar surface area (TPSA) is 47.7 Å². The predicted molar refractivity (Wildman–Crippen MR) is 89.3 cm³/mol. The number of likely N-dealkylation sites (tertiary alicyclic amines) is 1. The van der Waals surface area contributed by atoms with E-state index in [4.69, 9.17) is 15.2 Å². The second-order valence-electron chi connectivity index (χ2n) is 6.18. The van der Waals surface area contributed by atoms with E-state index in [9.17, 15) is 0 Å². The number of nitrogens with two attached hydrogens (primary N) is 1. The van der Waals surface area contributed by atoms with Crippen LogP contribution in [-0.4, -0.2) is 43.3 Å². The zero-order chi connectivity index (χ0) is 15.4. The van der Waals surface area contributed by atoms with Gasteiger partial charge in [-0.25, -0.2) is 0 Å². The molecule has 22 heavy (non-hydrogen) atoms. The van der Waals surface area contributed by atoms with E-state index >= 15 is 0 Å². The van der Waals surface area contributed by atoms with E-state index in [0.29, 0.717) is 0 Å². The lowest BCUT2D eigenvalue weighted by molar-refractivity contribution is 0.0396. The number of hydrogen-bond donors (Lipinski definition) is 1. The summed E-state index contributed by atoms with van der Waals surface area (Å²) in [5.74, 6) is 1.84. The highest BCUT2D eigenvalue weighted by molar-refractivity contribution is 5.62. The molecule has 1 saturated heterocycles. The summed E-state index contributed by atoms with van der Waals surface area (Å²) in [6, 6.07) is 6.12. The third-order valence-electron chi connectivity index (χ3n) is 4.49. The van der Waals surface area contributed by atoms with Crippen LogP contribution in [0.2, 0.25) is 0 Å². The van der Waals surface area contributed by atoms with Crippen molar-refractivity contribution in [3.05, 3.63) is 29.8 Å². The molecule has 0 unspecified atom stereocenters. The molecule has 1 aromatic rings. The fourth-order valence-corrected chi connectivity index (χ4v) is 3.15. The molecule has 4 nitrogen and oxygen atoms in total. The third kappa shape index (κ3) is 3.28. The van der Waals surface area contributed by atoms with Crippen molar-refractivity contribution >= 4 is 6.08 Å². The summed E-state index contributed by atoms with van der Waals surface area (Å²) in [5, 5.41) is 0. The van der Waals surface area contributed by atoms with Crippen LogP contribution in [0.4, 0.5) is 0 Å². The Labute approximate surface area is 132 Å². The van der Waals surface area contributed by atoms with E-state index in [1.807, 2.05) is 12.1 Å². The van der Waals surface area contributed by atoms with Gasteiger partial charge in [-0.05, 0) is 24.6 Å². The number of hydrogen-bond acceptors (Lipinski definition) is 4. The van der Waals surface area contributed by atoms with Gasteiger partial charge in [0.05, 0.1) is 6.61 Å². The Morgan fingerprint density at radius 3 is 2.86 bits per heavy atom. The van der Waals surface area contributed by atoms with Gasteiger partial charge in [0.2, 0.25) is 0 Å². The molecular weight excluding hydrogens is 276 g/mol. The molecule has 0 aromatic heterocycles. The van der Waals surface area contributed by atoms with Gasteiger partial charge in [0, 0.05) is 50.7 Å². The molecule has 2 aliphatic heterocycles. The van der Waals surface area contributed by atoms with Crippen LogP contribution in [0, 0.1) is 0 Å². The summed E-state index contributed by atoms with van der Waals surface area (Å²) < 4.78 is 12.1. The van der Waals surface area contributed by atoms with E-state index in [1.54, 1.807) is 0 Å². The van der Waals surface area contributed by atoms with Crippen molar-refractivity contribution in [3.8, 4) is 11.5 Å². The molecule has 1 fully saturated rings. The highest BCUT2D eigenvalue weighted by atomic mass is 16.5. The minimum atomic E-state index is -0.151. The van der Waals surface area contributed by atoms with E-state index in [1.165, 1.54) is 0 Å². The van der Waals surface area contributed by atoms with Crippen molar-refractivity contribution in [1.29, 1.82) is 0 Å². The zero-order valence-corrected chi connectivity index (χ0v) is 13.4. The number of fused-ring (bicyclic) bond motifs is 1. The first-order valence-corrected chi connectivity index (χ1v) is 8.32. The third-order valence-corrected chi connectivity index (χ3v) is 4.49. The number of benzene rings is 1. The lowest BCUT2D eigenvalue weighted by Gasteiger charge is -2.41. The SMILES string of the molecule is CCCOc1ccc2c(c1)OC1(C=C2)CCN(CCN)CC1. The summed E-state index contributed by atoms with van der Waals surface area (Å²) in [6.45, 7) is 6.65. The quantitative estimate of drug-likeness (QED) is 0.908. The number of piperidine rings is 1. The minimum Gasteiger partial charge on any atom is -0.493 e. The monoisotopic (exact) mass is 302 g/mol. The van der Waals surface area contributed by atoms with Crippen LogP contribution in [0.5, 0.6) is 11.5 Å². The van der Waals surface area contributed by atoms with E-state index in [2.05, 4.69) is 30.0 Å². The average molecular weight is 302 g/mol. The van der Waals surface area contributed by atoms with Gasteiger partial charge >= 0.3 is 0 Å². The molecule has 0 saturated carbocycles. The van der Waals surface area contributed by atoms with Gasteiger partial charge in [-0.3, -0.25) is 0 Å². The number of nitrogens with zero attached hydrogens (tertiary/aromatic N) is 1. The summed E-state index contributed by atoms with van der Waals surface area (Å²) in [4.78, 5) is 2.42. The Morgan fingerprint density at radius 2 is 2.14 bits per heavy atom. The molecule has 0 amide bonds. The van der Waals surface area contributed by atoms with Gasteiger partial charge in [0.15, 0.2) is 0 Å². The van der Waals surface area contributed by atoms with Crippen molar-refractivity contribution in [1.82, 2.24) is 4.90 Å². The molecule has 0 radical (unpaired) electrons. The summed E-state index contributed by atoms with van der Waals surface area (Å²) in [6.07, 6.45) is 7.48. The second kappa shape index (κ2) is 6.71. The average Bonchev–Trinajstić information content (AvgIpc) is 2.55. The molecular formula is C18H26N2O2. The van der Waals surface area contributed by atoms with Crippen molar-refractivity contribution in [3.63, 3.8) is 0 Å². The summed E-state index contributed by atoms with van der Waals surface area (Å²) >= 11 is 0. The maximum absolute atomic E-state index is 6.38. The molecule has 0 bridgehead atoms. The highest BCUT2D eigenvalue weighted by Gasteiger charge is 2.36. The Hall–Kier alpha value is -1.52. The Kier molecular flexibility index (Phi) is 4.69. The largest absolute Gasteiger partial charge is 0.493 e. The van der Waals surface area contributed by atoms with Gasteiger partial charge < -0.3 is 20.1 Å². The number of ether oxygens (including phenoxy) is 2. The Morgan fingerprint density at radius 1 is 1.32 bits per heavy atom. The molecule has 0 aliphatic carbocycles. The van der Waals surface area contributed by atoms with E-state index in [-0.39, 0.29) is 5.60 Å². The molecule has 1 aromatic carbocycles. The van der Waals surface area contributed by atoms with Gasteiger partial charge in [0.25, 0.3) is 0 Å². The Bertz CT molecular complexity index is 534. The van der Waals surface area contributed by atoms with Gasteiger partial charge in [0.1, 0.15) is 17.1 Å². The molecule has 3 rings (SSSR count). The fourth-order valence-electron chi connectivity index (χ4n) is 3.15. The first-order valence-electron chi connectivity index (χ1n) is 8.32. The van der Waals surface area contributed by atoms with E-state index < -0.39 is 0 Å². The summed E-state index contributed by atoms with van der Waals surface area (Å²) in [7, 11) is 0. The van der Waals surface area contributed by atoms with Gasteiger partial charge in [-0.15, -0.1) is 0 Å². The second-order valence-corrected chi connectivity index (χ2v) is 6.18. The highest BCUT2D eigenvalue weighted by Crippen LogP contribution is 2.38. The molecule has 120 valence electrons. The molecule has 0 atom stereocenters. The lowest BCUT2D eigenvalue weighted by Crippen LogP contribution is -2.48. The smallest absolute Gasteiger partial charge is 0.131 e. The molecule has 4 heteroatoms. The van der Waals surface area contributed by atoms with E-state index in [0.717, 1.165) is 69.1 Å². The van der Waals surface area contributed by atoms with Crippen molar-refractivity contribution < 1.29 is 9.47 Å². The molecule has 1 spiro atoms. The van der Waals surface area contributed by atoms with Crippen LogP contribution in [0.3, 0.4) is 0 Å². The van der Waals surface area contributed by atoms with Crippen molar-refractivity contribution in [2.75, 3.05) is 32.8 Å². The van der Waals surface area contributed by atoms with Gasteiger partial charge in [-0.2, -0.15) is 0 Å². The van der Waals surface area contributed by atoms with Crippen LogP contribution in [0.1, 0.15) is 31.7 Å². The lowest BCUT2D eigenvalue weighted by atomic mass is 9.88. The molecule has 2 heterocycles. The first kappa shape index (κ1) is 15.4. The minimum absolute atomic E-state index is 0.151. The Balaban J connectivity index is 1.70. The van der Waals surface area contributed by atoms with Crippen LogP contribution in [0.15, 0.2) is 24.3 Å². The fraction of sp³-hybridized carbons (Fsp3) is 0.556. The standard InChI is InChI=1S/C18H26N2O2/c1-2-13-21-16-4-3-15-5-6-18(22-17(15)14-16)7-10-20(11-8-18)12-9-19/h3-6,14H,2,7-13,19H2,1H3. The summed E-state index contributed by atoms with van der Waals surface area (Å²) in [5.41, 5.74) is 6.63. The van der Waals surface area contributed by atoms with Crippen molar-refractivity contribution in [2.45, 2.75) is 31.8 Å². The maximum atomic E-state index is 6.38. The molecule has 2 aliphatic rings. The normalized spacial score (nSPS) is 19.7. The van der Waals surface area contributed by atoms with Crippen LogP contribution < -0.4 is 15.2 Å². The predicted octanol–water partition coefficient (Wildman–Crippen LogP) is 2.67. The van der Waals surface area contributed by atoms with Crippen LogP contribution in [-0.2, 0) is 0 Å². The van der Waals surface area contributed by atoms with Crippen LogP contribution >= 0.6 is 0 Å². The van der Waals surface area contributed by atoms with Crippen molar-refractivity contribution in [2.24, 2.45) is 5.73 Å². The van der Waals surface area contributed by atoms with Crippen LogP contribution in [0.25, 0.3) is 6.08 Å². The first-order chi connectivity index (χ1) is 10.7. The number of rotatable bonds is 5. The molecule has 2 N–H and O–H groups in total. The zero-order valence-electron chi connectivity index (χ0n) is 13.4. The maximum Gasteiger partial charge on any atom is 0.131 e. The van der Waals surface area contributed by atoms with Gasteiger partial charge in [-0.1, -0.05) is 13.0 Å².